The summed E-state index contributed by atoms with van der Waals surface area (Å²) >= 11 is 0. The molecule has 1 aliphatic rings. The third-order valence-corrected chi connectivity index (χ3v) is 4.81. The van der Waals surface area contributed by atoms with E-state index in [1.54, 1.807) is 6.07 Å². The highest BCUT2D eigenvalue weighted by atomic mass is 16.3. The topological polar surface area (TPSA) is 40.5 Å². The second-order valence-electron chi connectivity index (χ2n) is 6.53. The molecule has 0 atom stereocenters. The highest BCUT2D eigenvalue weighted by Crippen LogP contribution is 2.37. The number of hydrogen-bond donors (Lipinski definition) is 2. The van der Waals surface area contributed by atoms with Gasteiger partial charge in [-0.3, -0.25) is 0 Å². The average Bonchev–Trinajstić information content (AvgIpc) is 2.54. The Morgan fingerprint density at radius 3 is 2.18 bits per heavy atom. The highest BCUT2D eigenvalue weighted by molar-refractivity contribution is 5.42. The predicted octanol–water partition coefficient (Wildman–Crippen LogP) is 5.04. The molecule has 0 unspecified atom stereocenters. The maximum absolute atomic E-state index is 10.2. The molecule has 0 radical (unpaired) electrons. The number of benzene rings is 2. The van der Waals surface area contributed by atoms with Crippen LogP contribution in [0.1, 0.15) is 60.3 Å². The number of aryl methyl sites for hydroxylation is 1. The molecule has 0 saturated heterocycles. The minimum atomic E-state index is 0.345. The summed E-state index contributed by atoms with van der Waals surface area (Å²) in [4.78, 5) is 0. The maximum Gasteiger partial charge on any atom is 0.119 e. The Bertz CT molecular complexity index is 655. The molecule has 0 bridgehead atoms. The predicted molar refractivity (Wildman–Crippen MR) is 89.6 cm³/mol. The monoisotopic (exact) mass is 296 g/mol. The van der Waals surface area contributed by atoms with E-state index < -0.39 is 0 Å². The molecule has 0 aliphatic heterocycles. The van der Waals surface area contributed by atoms with Gasteiger partial charge < -0.3 is 10.2 Å². The molecule has 2 N–H and O–H groups in total. The molecule has 2 aromatic carbocycles. The van der Waals surface area contributed by atoms with Gasteiger partial charge in [0.05, 0.1) is 0 Å². The third-order valence-electron chi connectivity index (χ3n) is 4.81. The molecule has 2 nitrogen and oxygen atoms in total. The van der Waals surface area contributed by atoms with Crippen molar-refractivity contribution in [2.45, 2.75) is 51.4 Å². The summed E-state index contributed by atoms with van der Waals surface area (Å²) in [6, 6.07) is 11.8. The summed E-state index contributed by atoms with van der Waals surface area (Å²) < 4.78 is 0. The van der Waals surface area contributed by atoms with Crippen LogP contribution in [-0.4, -0.2) is 10.2 Å². The van der Waals surface area contributed by atoms with Gasteiger partial charge in [-0.2, -0.15) is 0 Å². The van der Waals surface area contributed by atoms with Crippen molar-refractivity contribution in [1.29, 1.82) is 0 Å². The van der Waals surface area contributed by atoms with E-state index in [-0.39, 0.29) is 0 Å². The minimum absolute atomic E-state index is 0.345. The fraction of sp³-hybridized carbons (Fsp3) is 0.400. The van der Waals surface area contributed by atoms with E-state index >= 15 is 0 Å². The Morgan fingerprint density at radius 1 is 0.864 bits per heavy atom. The van der Waals surface area contributed by atoms with Crippen molar-refractivity contribution in [3.63, 3.8) is 0 Å². The van der Waals surface area contributed by atoms with E-state index in [1.165, 1.54) is 43.2 Å². The zero-order valence-corrected chi connectivity index (χ0v) is 13.2. The largest absolute Gasteiger partial charge is 0.508 e. The van der Waals surface area contributed by atoms with Gasteiger partial charge >= 0.3 is 0 Å². The van der Waals surface area contributed by atoms with Crippen molar-refractivity contribution in [2.24, 2.45) is 0 Å². The maximum atomic E-state index is 10.2. The number of phenolic OH excluding ortho intramolecular Hbond substituents is 2. The fourth-order valence-corrected chi connectivity index (χ4v) is 3.52. The Kier molecular flexibility index (Phi) is 4.37. The zero-order valence-electron chi connectivity index (χ0n) is 13.2. The zero-order chi connectivity index (χ0) is 15.5. The molecular weight excluding hydrogens is 272 g/mol. The molecule has 1 saturated carbocycles. The smallest absolute Gasteiger partial charge is 0.119 e. The van der Waals surface area contributed by atoms with Crippen molar-refractivity contribution in [1.82, 2.24) is 0 Å². The van der Waals surface area contributed by atoms with Crippen LogP contribution in [0.25, 0.3) is 0 Å². The molecular formula is C20H24O2. The van der Waals surface area contributed by atoms with E-state index in [0.717, 1.165) is 17.5 Å². The molecule has 116 valence electrons. The molecule has 22 heavy (non-hydrogen) atoms. The van der Waals surface area contributed by atoms with Crippen LogP contribution >= 0.6 is 0 Å². The molecule has 1 aliphatic carbocycles. The number of phenols is 2. The first-order valence-electron chi connectivity index (χ1n) is 8.24. The molecule has 1 fully saturated rings. The second-order valence-corrected chi connectivity index (χ2v) is 6.53. The summed E-state index contributed by atoms with van der Waals surface area (Å²) in [7, 11) is 0. The molecule has 2 aromatic rings. The quantitative estimate of drug-likeness (QED) is 0.832. The number of rotatable bonds is 3. The molecule has 0 amide bonds. The van der Waals surface area contributed by atoms with E-state index in [4.69, 9.17) is 0 Å². The van der Waals surface area contributed by atoms with Gasteiger partial charge in [0.15, 0.2) is 0 Å². The molecule has 0 spiro atoms. The molecule has 0 aromatic heterocycles. The summed E-state index contributed by atoms with van der Waals surface area (Å²) in [5, 5.41) is 19.8. The lowest BCUT2D eigenvalue weighted by Crippen LogP contribution is -2.05. The van der Waals surface area contributed by atoms with Crippen molar-refractivity contribution in [2.75, 3.05) is 0 Å². The minimum Gasteiger partial charge on any atom is -0.508 e. The van der Waals surface area contributed by atoms with Crippen molar-refractivity contribution >= 4 is 0 Å². The summed E-state index contributed by atoms with van der Waals surface area (Å²) in [5.74, 6) is 1.30. The van der Waals surface area contributed by atoms with E-state index in [1.807, 2.05) is 31.2 Å². The van der Waals surface area contributed by atoms with Gasteiger partial charge in [-0.05, 0) is 66.5 Å². The summed E-state index contributed by atoms with van der Waals surface area (Å²) in [6.07, 6.45) is 7.08. The standard InChI is InChI=1S/C20H24O2/c1-14-11-15(7-9-19(14)21)12-16-8-10-20(22)18(13-16)17-5-3-2-4-6-17/h7-11,13,17,21-22H,2-6,12H2,1H3. The molecule has 2 heteroatoms. The van der Waals surface area contributed by atoms with E-state index in [2.05, 4.69) is 6.07 Å². The van der Waals surface area contributed by atoms with Gasteiger partial charge in [-0.1, -0.05) is 43.5 Å². The van der Waals surface area contributed by atoms with Gasteiger partial charge in [0.25, 0.3) is 0 Å². The van der Waals surface area contributed by atoms with Gasteiger partial charge in [-0.25, -0.2) is 0 Å². The average molecular weight is 296 g/mol. The van der Waals surface area contributed by atoms with Crippen LogP contribution in [0.5, 0.6) is 11.5 Å². The van der Waals surface area contributed by atoms with Gasteiger partial charge in [-0.15, -0.1) is 0 Å². The number of aromatic hydroxyl groups is 2. The van der Waals surface area contributed by atoms with Crippen molar-refractivity contribution < 1.29 is 10.2 Å². The third kappa shape index (κ3) is 3.27. The highest BCUT2D eigenvalue weighted by Gasteiger charge is 2.18. The van der Waals surface area contributed by atoms with E-state index in [9.17, 15) is 10.2 Å². The fourth-order valence-electron chi connectivity index (χ4n) is 3.52. The van der Waals surface area contributed by atoms with E-state index in [0.29, 0.717) is 17.4 Å². The van der Waals surface area contributed by atoms with Crippen LogP contribution in [0.2, 0.25) is 0 Å². The first-order chi connectivity index (χ1) is 10.6. The lowest BCUT2D eigenvalue weighted by molar-refractivity contribution is 0.414. The van der Waals surface area contributed by atoms with Crippen LogP contribution in [0.4, 0.5) is 0 Å². The Balaban J connectivity index is 1.83. The van der Waals surface area contributed by atoms with Crippen molar-refractivity contribution in [3.05, 3.63) is 58.7 Å². The molecule has 0 heterocycles. The molecule has 3 rings (SSSR count). The normalized spacial score (nSPS) is 15.9. The second kappa shape index (κ2) is 6.43. The van der Waals surface area contributed by atoms with Crippen LogP contribution in [-0.2, 0) is 6.42 Å². The van der Waals surface area contributed by atoms with Crippen LogP contribution in [0.15, 0.2) is 36.4 Å². The Hall–Kier alpha value is -1.96. The first kappa shape index (κ1) is 15.0. The van der Waals surface area contributed by atoms with Crippen LogP contribution in [0.3, 0.4) is 0 Å². The van der Waals surface area contributed by atoms with Crippen LogP contribution in [0, 0.1) is 6.92 Å². The lowest BCUT2D eigenvalue weighted by Gasteiger charge is -2.23. The first-order valence-corrected chi connectivity index (χ1v) is 8.24. The summed E-state index contributed by atoms with van der Waals surface area (Å²) in [5.41, 5.74) is 4.44. The summed E-state index contributed by atoms with van der Waals surface area (Å²) in [6.45, 7) is 1.92. The lowest BCUT2D eigenvalue weighted by atomic mass is 9.83. The number of hydrogen-bond acceptors (Lipinski definition) is 2. The van der Waals surface area contributed by atoms with Crippen molar-refractivity contribution in [3.8, 4) is 11.5 Å². The van der Waals surface area contributed by atoms with Gasteiger partial charge in [0.2, 0.25) is 0 Å². The SMILES string of the molecule is Cc1cc(Cc2ccc(O)c(C3CCCCC3)c2)ccc1O. The Labute approximate surface area is 132 Å². The van der Waals surface area contributed by atoms with Gasteiger partial charge in [0, 0.05) is 0 Å². The Morgan fingerprint density at radius 2 is 1.50 bits per heavy atom. The van der Waals surface area contributed by atoms with Crippen LogP contribution < -0.4 is 0 Å². The van der Waals surface area contributed by atoms with Gasteiger partial charge in [0.1, 0.15) is 11.5 Å².